The van der Waals surface area contributed by atoms with Crippen LogP contribution in [0.1, 0.15) is 27.3 Å². The number of aromatic carboxylic acids is 1. The number of hydrogen-bond acceptors (Lipinski definition) is 6. The second kappa shape index (κ2) is 5.70. The van der Waals surface area contributed by atoms with Crippen LogP contribution < -0.4 is 34.7 Å². The Morgan fingerprint density at radius 3 is 1.88 bits per heavy atom. The molecular weight excluding hydrogens is 233 g/mol. The topological polar surface area (TPSA) is 140 Å². The van der Waals surface area contributed by atoms with E-state index >= 15 is 0 Å². The van der Waals surface area contributed by atoms with E-state index < -0.39 is 28.5 Å². The van der Waals surface area contributed by atoms with Gasteiger partial charge in [-0.3, -0.25) is 0 Å². The van der Waals surface area contributed by atoms with Crippen molar-refractivity contribution in [1.29, 1.82) is 21.0 Å². The van der Waals surface area contributed by atoms with E-state index in [2.05, 4.69) is 0 Å². The van der Waals surface area contributed by atoms with Gasteiger partial charge in [-0.1, -0.05) is 0 Å². The predicted octanol–water partition coefficient (Wildman–Crippen LogP) is -4.20. The second-order valence-electron chi connectivity index (χ2n) is 2.51. The largest absolute Gasteiger partial charge is 1.00 e. The van der Waals surface area contributed by atoms with E-state index in [0.717, 1.165) is 0 Å². The van der Waals surface area contributed by atoms with Gasteiger partial charge in [0.05, 0.1) is 17.2 Å². The van der Waals surface area contributed by atoms with Crippen LogP contribution in [0.3, 0.4) is 0 Å². The molecule has 74 valence electrons. The number of carbonyl (C=O) groups excluding carboxylic acids is 1. The fourth-order valence-electron chi connectivity index (χ4n) is 1.19. The van der Waals surface area contributed by atoms with E-state index in [-0.39, 0.29) is 29.6 Å². The average Bonchev–Trinajstić information content (AvgIpc) is 2.60. The maximum Gasteiger partial charge on any atom is 1.00 e. The molecule has 1 aromatic rings. The van der Waals surface area contributed by atoms with Gasteiger partial charge in [-0.25, -0.2) is 4.57 Å². The Hall–Kier alpha value is -2.29. The monoisotopic (exact) mass is 233 g/mol. The summed E-state index contributed by atoms with van der Waals surface area (Å²) in [6.45, 7) is 0. The van der Waals surface area contributed by atoms with E-state index in [1.807, 2.05) is 0 Å². The molecule has 7 nitrogen and oxygen atoms in total. The first-order valence-electron chi connectivity index (χ1n) is 3.72. The molecule has 0 aromatic carbocycles. The standard InChI is InChI=1S/C9HN5O2.Na/c10-1-5-6(2-11)8(9(15)16)14(4-13)7(5)3-12;/h(H,15,16);/q;+1/p-1. The molecule has 1 rings (SSSR count). The average molecular weight is 233 g/mol. The minimum atomic E-state index is -1.80. The third-order valence-electron chi connectivity index (χ3n) is 1.79. The Bertz CT molecular complexity index is 598. The summed E-state index contributed by atoms with van der Waals surface area (Å²) in [5.74, 6) is -1.80. The van der Waals surface area contributed by atoms with Crippen molar-refractivity contribution in [3.8, 4) is 24.4 Å². The van der Waals surface area contributed by atoms with E-state index in [1.165, 1.54) is 24.4 Å². The van der Waals surface area contributed by atoms with Crippen LogP contribution in [0.4, 0.5) is 0 Å². The number of carbonyl (C=O) groups is 1. The van der Waals surface area contributed by atoms with Crippen molar-refractivity contribution in [2.75, 3.05) is 0 Å². The molecule has 0 N–H and O–H groups in total. The summed E-state index contributed by atoms with van der Waals surface area (Å²) in [5.41, 5.74) is -2.25. The Morgan fingerprint density at radius 1 is 1.06 bits per heavy atom. The molecule has 0 saturated carbocycles. The van der Waals surface area contributed by atoms with Crippen LogP contribution in [0.2, 0.25) is 0 Å². The predicted molar refractivity (Wildman–Crippen MR) is 43.9 cm³/mol. The van der Waals surface area contributed by atoms with Crippen molar-refractivity contribution < 1.29 is 39.5 Å². The summed E-state index contributed by atoms with van der Waals surface area (Å²) in [7, 11) is 0. The number of hydrogen-bond donors (Lipinski definition) is 0. The summed E-state index contributed by atoms with van der Waals surface area (Å²) in [4.78, 5) is 10.7. The summed E-state index contributed by atoms with van der Waals surface area (Å²) >= 11 is 0. The first kappa shape index (κ1) is 14.7. The third-order valence-corrected chi connectivity index (χ3v) is 1.79. The minimum absolute atomic E-state index is 0. The van der Waals surface area contributed by atoms with Gasteiger partial charge in [-0.05, 0) is 0 Å². The molecule has 0 unspecified atom stereocenters. The Labute approximate surface area is 118 Å². The quantitative estimate of drug-likeness (QED) is 0.450. The second-order valence-corrected chi connectivity index (χ2v) is 2.51. The third kappa shape index (κ3) is 2.13. The SMILES string of the molecule is N#Cc1c(C#N)c(C(=O)[O-])n(C#N)c1C#N.[Na+]. The van der Waals surface area contributed by atoms with Crippen LogP contribution in [0.5, 0.6) is 0 Å². The van der Waals surface area contributed by atoms with Crippen LogP contribution in [-0.4, -0.2) is 10.5 Å². The molecule has 0 aliphatic carbocycles. The summed E-state index contributed by atoms with van der Waals surface area (Å²) in [6.07, 6.45) is 1.40. The zero-order chi connectivity index (χ0) is 12.3. The number of nitriles is 4. The number of rotatable bonds is 1. The van der Waals surface area contributed by atoms with Crippen molar-refractivity contribution in [3.05, 3.63) is 22.5 Å². The van der Waals surface area contributed by atoms with Gasteiger partial charge in [0.1, 0.15) is 23.8 Å². The molecule has 0 fully saturated rings. The van der Waals surface area contributed by atoms with Gasteiger partial charge in [-0.15, -0.1) is 0 Å². The van der Waals surface area contributed by atoms with Gasteiger partial charge in [0.2, 0.25) is 0 Å². The summed E-state index contributed by atoms with van der Waals surface area (Å²) in [6, 6.07) is 4.46. The first-order valence-corrected chi connectivity index (χ1v) is 3.72. The Balaban J connectivity index is 0.00000256. The number of aromatic nitrogens is 1. The zero-order valence-corrected chi connectivity index (χ0v) is 10.6. The summed E-state index contributed by atoms with van der Waals surface area (Å²) in [5, 5.41) is 45.4. The summed E-state index contributed by atoms with van der Waals surface area (Å²) < 4.78 is 0.395. The van der Waals surface area contributed by atoms with Gasteiger partial charge in [0.25, 0.3) is 0 Å². The molecule has 0 aliphatic rings. The number of carboxylic acid groups (broad SMARTS) is 1. The molecule has 0 radical (unpaired) electrons. The molecule has 0 amide bonds. The van der Waals surface area contributed by atoms with Gasteiger partial charge in [0.15, 0.2) is 11.9 Å². The van der Waals surface area contributed by atoms with Gasteiger partial charge in [0, 0.05) is 0 Å². The van der Waals surface area contributed by atoms with E-state index in [4.69, 9.17) is 21.0 Å². The number of carboxylic acids is 1. The molecule has 0 atom stereocenters. The van der Waals surface area contributed by atoms with Crippen LogP contribution in [0.25, 0.3) is 0 Å². The normalized spacial score (nSPS) is 7.76. The van der Waals surface area contributed by atoms with Crippen LogP contribution in [-0.2, 0) is 0 Å². The molecule has 0 aliphatic heterocycles. The Morgan fingerprint density at radius 2 is 1.59 bits per heavy atom. The molecular formula is C9N5NaO2. The van der Waals surface area contributed by atoms with Crippen LogP contribution >= 0.6 is 0 Å². The van der Waals surface area contributed by atoms with Crippen LogP contribution in [0.15, 0.2) is 0 Å². The molecule has 1 aromatic heterocycles. The van der Waals surface area contributed by atoms with Crippen molar-refractivity contribution >= 4 is 5.97 Å². The molecule has 0 spiro atoms. The minimum Gasteiger partial charge on any atom is -0.543 e. The maximum atomic E-state index is 10.7. The smallest absolute Gasteiger partial charge is 0.543 e. The Kier molecular flexibility index (Phi) is 4.93. The fraction of sp³-hybridized carbons (Fsp3) is 0. The number of nitrogens with zero attached hydrogens (tertiary/aromatic N) is 5. The van der Waals surface area contributed by atoms with E-state index in [0.29, 0.717) is 4.57 Å². The van der Waals surface area contributed by atoms with Gasteiger partial charge >= 0.3 is 29.6 Å². The van der Waals surface area contributed by atoms with E-state index in [9.17, 15) is 9.90 Å². The van der Waals surface area contributed by atoms with E-state index in [1.54, 1.807) is 0 Å². The van der Waals surface area contributed by atoms with Crippen molar-refractivity contribution in [2.45, 2.75) is 0 Å². The van der Waals surface area contributed by atoms with Gasteiger partial charge < -0.3 is 9.90 Å². The zero-order valence-electron chi connectivity index (χ0n) is 8.55. The van der Waals surface area contributed by atoms with Crippen molar-refractivity contribution in [1.82, 2.24) is 4.57 Å². The van der Waals surface area contributed by atoms with Crippen molar-refractivity contribution in [2.24, 2.45) is 0 Å². The first-order chi connectivity index (χ1) is 7.62. The molecule has 1 heterocycles. The molecule has 8 heteroatoms. The fourth-order valence-corrected chi connectivity index (χ4v) is 1.19. The molecule has 17 heavy (non-hydrogen) atoms. The molecule has 0 bridgehead atoms. The van der Waals surface area contributed by atoms with Gasteiger partial charge in [-0.2, -0.15) is 21.0 Å². The maximum absolute atomic E-state index is 10.7. The van der Waals surface area contributed by atoms with Crippen molar-refractivity contribution in [3.63, 3.8) is 0 Å². The molecule has 0 saturated heterocycles. The van der Waals surface area contributed by atoms with Crippen LogP contribution in [0, 0.1) is 45.4 Å².